The van der Waals surface area contributed by atoms with E-state index in [4.69, 9.17) is 23.2 Å². The first kappa shape index (κ1) is 21.5. The van der Waals surface area contributed by atoms with Crippen LogP contribution in [0.4, 0.5) is 0 Å². The molecule has 0 radical (unpaired) electrons. The SMILES string of the molecule is Cc1cc(C=NNC(=O)C(=O)NCc2ccccn2)c(C)n1-c1cccc(Cl)c1Cl. The van der Waals surface area contributed by atoms with Crippen LogP contribution in [0.1, 0.15) is 22.6 Å². The van der Waals surface area contributed by atoms with E-state index in [0.717, 1.165) is 22.6 Å². The number of nitrogens with zero attached hydrogens (tertiary/aromatic N) is 3. The van der Waals surface area contributed by atoms with Gasteiger partial charge >= 0.3 is 11.8 Å². The Labute approximate surface area is 183 Å². The first-order chi connectivity index (χ1) is 14.4. The molecule has 0 atom stereocenters. The quantitative estimate of drug-likeness (QED) is 0.358. The molecule has 0 saturated heterocycles. The van der Waals surface area contributed by atoms with Crippen molar-refractivity contribution in [2.24, 2.45) is 5.10 Å². The van der Waals surface area contributed by atoms with Crippen LogP contribution in [-0.2, 0) is 16.1 Å². The number of rotatable bonds is 5. The maximum Gasteiger partial charge on any atom is 0.329 e. The standard InChI is InChI=1S/C21H19Cl2N5O2/c1-13-10-15(14(2)28(13)18-8-5-7-17(22)19(18)23)11-26-27-21(30)20(29)25-12-16-6-3-4-9-24-16/h3-11H,12H2,1-2H3,(H,25,29)(H,27,30). The molecule has 2 heterocycles. The fourth-order valence-corrected chi connectivity index (χ4v) is 3.30. The van der Waals surface area contributed by atoms with Crippen LogP contribution in [0.15, 0.2) is 53.8 Å². The maximum atomic E-state index is 11.9. The Morgan fingerprint density at radius 3 is 2.67 bits per heavy atom. The number of hydrogen-bond donors (Lipinski definition) is 2. The predicted octanol–water partition coefficient (Wildman–Crippen LogP) is 3.56. The first-order valence-corrected chi connectivity index (χ1v) is 9.78. The summed E-state index contributed by atoms with van der Waals surface area (Å²) in [7, 11) is 0. The van der Waals surface area contributed by atoms with E-state index in [2.05, 4.69) is 20.8 Å². The molecule has 0 fully saturated rings. The summed E-state index contributed by atoms with van der Waals surface area (Å²) in [6.07, 6.45) is 3.08. The zero-order chi connectivity index (χ0) is 21.7. The van der Waals surface area contributed by atoms with Crippen molar-refractivity contribution < 1.29 is 9.59 Å². The normalized spacial score (nSPS) is 10.9. The second-order valence-electron chi connectivity index (χ2n) is 6.44. The van der Waals surface area contributed by atoms with Crippen molar-refractivity contribution in [1.82, 2.24) is 20.3 Å². The van der Waals surface area contributed by atoms with Crippen molar-refractivity contribution in [1.29, 1.82) is 0 Å². The van der Waals surface area contributed by atoms with E-state index in [0.29, 0.717) is 15.7 Å². The molecule has 2 N–H and O–H groups in total. The topological polar surface area (TPSA) is 88.4 Å². The van der Waals surface area contributed by atoms with Gasteiger partial charge in [0.05, 0.1) is 34.2 Å². The van der Waals surface area contributed by atoms with Crippen molar-refractivity contribution in [3.8, 4) is 5.69 Å². The van der Waals surface area contributed by atoms with Gasteiger partial charge in [0.15, 0.2) is 0 Å². The lowest BCUT2D eigenvalue weighted by Gasteiger charge is -2.12. The first-order valence-electron chi connectivity index (χ1n) is 9.03. The summed E-state index contributed by atoms with van der Waals surface area (Å²) in [4.78, 5) is 27.9. The lowest BCUT2D eigenvalue weighted by atomic mass is 10.2. The lowest BCUT2D eigenvalue weighted by molar-refractivity contribution is -0.139. The summed E-state index contributed by atoms with van der Waals surface area (Å²) in [6, 6.07) is 12.6. The third kappa shape index (κ3) is 4.87. The second-order valence-corrected chi connectivity index (χ2v) is 7.22. The van der Waals surface area contributed by atoms with Crippen LogP contribution in [0.3, 0.4) is 0 Å². The van der Waals surface area contributed by atoms with E-state index in [1.54, 1.807) is 30.5 Å². The van der Waals surface area contributed by atoms with Crippen LogP contribution in [0, 0.1) is 13.8 Å². The third-order valence-corrected chi connectivity index (χ3v) is 5.18. The molecule has 3 aromatic rings. The minimum atomic E-state index is -0.867. The Bertz CT molecular complexity index is 1110. The predicted molar refractivity (Wildman–Crippen MR) is 117 cm³/mol. The molecule has 9 heteroatoms. The number of aryl methyl sites for hydroxylation is 1. The van der Waals surface area contributed by atoms with E-state index < -0.39 is 11.8 Å². The van der Waals surface area contributed by atoms with Gasteiger partial charge in [-0.05, 0) is 44.2 Å². The van der Waals surface area contributed by atoms with E-state index in [-0.39, 0.29) is 6.54 Å². The molecule has 1 aromatic carbocycles. The molecule has 0 unspecified atom stereocenters. The molecule has 0 bridgehead atoms. The van der Waals surface area contributed by atoms with Gasteiger partial charge in [-0.25, -0.2) is 5.43 Å². The van der Waals surface area contributed by atoms with Gasteiger partial charge in [-0.15, -0.1) is 0 Å². The van der Waals surface area contributed by atoms with Gasteiger partial charge in [0.25, 0.3) is 0 Å². The van der Waals surface area contributed by atoms with Crippen molar-refractivity contribution in [3.05, 3.63) is 81.4 Å². The summed E-state index contributed by atoms with van der Waals surface area (Å²) in [5.41, 5.74) is 6.15. The Morgan fingerprint density at radius 1 is 1.13 bits per heavy atom. The highest BCUT2D eigenvalue weighted by molar-refractivity contribution is 6.43. The number of amides is 2. The maximum absolute atomic E-state index is 11.9. The van der Waals surface area contributed by atoms with Gasteiger partial charge in [-0.3, -0.25) is 14.6 Å². The van der Waals surface area contributed by atoms with Crippen molar-refractivity contribution in [2.75, 3.05) is 0 Å². The average molecular weight is 444 g/mol. The number of aromatic nitrogens is 2. The zero-order valence-corrected chi connectivity index (χ0v) is 17.8. The second kappa shape index (κ2) is 9.56. The molecule has 7 nitrogen and oxygen atoms in total. The molecule has 0 aliphatic carbocycles. The fraction of sp³-hybridized carbons (Fsp3) is 0.143. The van der Waals surface area contributed by atoms with Crippen molar-refractivity contribution >= 4 is 41.2 Å². The summed E-state index contributed by atoms with van der Waals surface area (Å²) in [5.74, 6) is -1.66. The summed E-state index contributed by atoms with van der Waals surface area (Å²) >= 11 is 12.5. The van der Waals surface area contributed by atoms with Gasteiger partial charge in [-0.1, -0.05) is 35.3 Å². The number of nitrogens with one attached hydrogen (secondary N) is 2. The number of hydrazone groups is 1. The van der Waals surface area contributed by atoms with Crippen LogP contribution < -0.4 is 10.7 Å². The molecule has 0 saturated carbocycles. The van der Waals surface area contributed by atoms with E-state index in [9.17, 15) is 9.59 Å². The highest BCUT2D eigenvalue weighted by atomic mass is 35.5. The van der Waals surface area contributed by atoms with Crippen LogP contribution in [0.5, 0.6) is 0 Å². The number of carbonyl (C=O) groups excluding carboxylic acids is 2. The highest BCUT2D eigenvalue weighted by Gasteiger charge is 2.15. The summed E-state index contributed by atoms with van der Waals surface area (Å²) < 4.78 is 1.94. The number of halogens is 2. The molecule has 3 rings (SSSR count). The minimum absolute atomic E-state index is 0.151. The average Bonchev–Trinajstić information content (AvgIpc) is 3.02. The van der Waals surface area contributed by atoms with Crippen LogP contribution in [0.25, 0.3) is 5.69 Å². The van der Waals surface area contributed by atoms with Crippen molar-refractivity contribution in [3.63, 3.8) is 0 Å². The van der Waals surface area contributed by atoms with Crippen molar-refractivity contribution in [2.45, 2.75) is 20.4 Å². The summed E-state index contributed by atoms with van der Waals surface area (Å²) in [5, 5.41) is 7.29. The minimum Gasteiger partial charge on any atom is -0.342 e. The molecule has 0 aliphatic rings. The molecule has 2 aromatic heterocycles. The Kier molecular flexibility index (Phi) is 6.87. The summed E-state index contributed by atoms with van der Waals surface area (Å²) in [6.45, 7) is 3.97. The molecular formula is C21H19Cl2N5O2. The third-order valence-electron chi connectivity index (χ3n) is 4.37. The number of carbonyl (C=O) groups is 2. The molecular weight excluding hydrogens is 425 g/mol. The van der Waals surface area contributed by atoms with Gasteiger partial charge in [0, 0.05) is 23.1 Å². The largest absolute Gasteiger partial charge is 0.342 e. The molecule has 2 amide bonds. The van der Waals surface area contributed by atoms with Gasteiger partial charge in [0.2, 0.25) is 0 Å². The smallest absolute Gasteiger partial charge is 0.329 e. The Hall–Kier alpha value is -3.16. The number of pyridine rings is 1. The molecule has 30 heavy (non-hydrogen) atoms. The lowest BCUT2D eigenvalue weighted by Crippen LogP contribution is -2.37. The molecule has 154 valence electrons. The Balaban J connectivity index is 1.66. The van der Waals surface area contributed by atoms with E-state index >= 15 is 0 Å². The van der Waals surface area contributed by atoms with Gasteiger partial charge < -0.3 is 9.88 Å². The molecule has 0 spiro atoms. The molecule has 0 aliphatic heterocycles. The monoisotopic (exact) mass is 443 g/mol. The van der Waals surface area contributed by atoms with Crippen LogP contribution in [-0.4, -0.2) is 27.6 Å². The van der Waals surface area contributed by atoms with Gasteiger partial charge in [-0.2, -0.15) is 5.10 Å². The number of hydrogen-bond acceptors (Lipinski definition) is 4. The number of benzene rings is 1. The van der Waals surface area contributed by atoms with E-state index in [1.807, 2.05) is 36.6 Å². The van der Waals surface area contributed by atoms with Crippen LogP contribution in [0.2, 0.25) is 10.0 Å². The van der Waals surface area contributed by atoms with Gasteiger partial charge in [0.1, 0.15) is 0 Å². The zero-order valence-electron chi connectivity index (χ0n) is 16.3. The highest BCUT2D eigenvalue weighted by Crippen LogP contribution is 2.31. The van der Waals surface area contributed by atoms with Crippen LogP contribution >= 0.6 is 23.2 Å². The Morgan fingerprint density at radius 2 is 1.93 bits per heavy atom. The van der Waals surface area contributed by atoms with E-state index in [1.165, 1.54) is 6.21 Å². The fourth-order valence-electron chi connectivity index (χ4n) is 2.92.